The summed E-state index contributed by atoms with van der Waals surface area (Å²) in [6.45, 7) is 23.6. The Kier molecular flexibility index (Phi) is 24.0. The first kappa shape index (κ1) is 59.9. The second-order valence-corrected chi connectivity index (χ2v) is 18.9. The van der Waals surface area contributed by atoms with E-state index in [4.69, 9.17) is 16.3 Å². The first-order chi connectivity index (χ1) is 33.1. The zero-order chi connectivity index (χ0) is 53.7. The topological polar surface area (TPSA) is 194 Å². The molecular weight excluding hydrogens is 920 g/mol. The Morgan fingerprint density at radius 3 is 1.15 bits per heavy atom. The maximum absolute atomic E-state index is 12.1. The van der Waals surface area contributed by atoms with Crippen LogP contribution in [0.25, 0.3) is 0 Å². The summed E-state index contributed by atoms with van der Waals surface area (Å²) in [5.74, 6) is -0.975. The van der Waals surface area contributed by atoms with Gasteiger partial charge in [0.25, 0.3) is 0 Å². The largest absolute Gasteiger partial charge is 0.497 e. The van der Waals surface area contributed by atoms with Gasteiger partial charge in [-0.15, -0.1) is 0 Å². The van der Waals surface area contributed by atoms with Gasteiger partial charge in [0.15, 0.2) is 5.78 Å². The summed E-state index contributed by atoms with van der Waals surface area (Å²) in [6, 6.07) is 27.8. The van der Waals surface area contributed by atoms with Gasteiger partial charge in [0.2, 0.25) is 23.6 Å². The van der Waals surface area contributed by atoms with Gasteiger partial charge in [-0.1, -0.05) is 68.8 Å². The van der Waals surface area contributed by atoms with Gasteiger partial charge < -0.3 is 26.0 Å². The number of aryl methyl sites for hydroxylation is 8. The van der Waals surface area contributed by atoms with Gasteiger partial charge in [0.05, 0.1) is 32.8 Å². The number of hydrogen-bond donors (Lipinski definition) is 4. The van der Waals surface area contributed by atoms with Gasteiger partial charge in [0.1, 0.15) is 23.1 Å². The molecule has 13 nitrogen and oxygen atoms in total. The third kappa shape index (κ3) is 22.4. The van der Waals surface area contributed by atoms with Crippen molar-refractivity contribution in [2.24, 2.45) is 5.41 Å². The van der Waals surface area contributed by atoms with Crippen LogP contribution in [0.3, 0.4) is 0 Å². The number of ether oxygens (including phenoxy) is 1. The van der Waals surface area contributed by atoms with Crippen LogP contribution in [0.1, 0.15) is 115 Å². The van der Waals surface area contributed by atoms with E-state index < -0.39 is 5.41 Å². The molecule has 0 aliphatic carbocycles. The lowest BCUT2D eigenvalue weighted by Gasteiger charge is -2.16. The van der Waals surface area contributed by atoms with Crippen molar-refractivity contribution in [2.45, 2.75) is 116 Å². The molecule has 4 amide bonds. The summed E-state index contributed by atoms with van der Waals surface area (Å²) in [6.07, 6.45) is -0.412. The second-order valence-electron chi connectivity index (χ2n) is 18.5. The number of rotatable bonds is 14. The zero-order valence-electron chi connectivity index (χ0n) is 43.5. The lowest BCUT2D eigenvalue weighted by Crippen LogP contribution is -2.26. The molecular formula is C57H69ClN4O9. The molecule has 0 fully saturated rings. The highest BCUT2D eigenvalue weighted by molar-refractivity contribution is 6.31. The highest BCUT2D eigenvalue weighted by Gasteiger charge is 2.24. The first-order valence-electron chi connectivity index (χ1n) is 23.0. The summed E-state index contributed by atoms with van der Waals surface area (Å²) in [4.78, 5) is 91.9. The fourth-order valence-corrected chi connectivity index (χ4v) is 6.41. The second kappa shape index (κ2) is 28.4. The summed E-state index contributed by atoms with van der Waals surface area (Å²) in [5, 5.41) is 11.7. The Morgan fingerprint density at radius 1 is 0.451 bits per heavy atom. The molecule has 5 aromatic carbocycles. The molecule has 71 heavy (non-hydrogen) atoms. The molecule has 0 radical (unpaired) electrons. The summed E-state index contributed by atoms with van der Waals surface area (Å²) < 4.78 is 5.04. The highest BCUT2D eigenvalue weighted by Crippen LogP contribution is 2.25. The normalized spacial score (nSPS) is 10.3. The minimum atomic E-state index is -0.473. The lowest BCUT2D eigenvalue weighted by atomic mass is 9.89. The van der Waals surface area contributed by atoms with Crippen LogP contribution in [0.4, 0.5) is 22.7 Å². The van der Waals surface area contributed by atoms with Gasteiger partial charge in [-0.2, -0.15) is 0 Å². The van der Waals surface area contributed by atoms with Crippen molar-refractivity contribution in [3.8, 4) is 5.75 Å². The van der Waals surface area contributed by atoms with E-state index in [1.165, 1.54) is 13.8 Å². The van der Waals surface area contributed by atoms with Crippen molar-refractivity contribution in [1.82, 2.24) is 0 Å². The predicted molar refractivity (Wildman–Crippen MR) is 285 cm³/mol. The Hall–Kier alpha value is -7.25. The van der Waals surface area contributed by atoms with Gasteiger partial charge in [-0.05, 0) is 168 Å². The van der Waals surface area contributed by atoms with Crippen molar-refractivity contribution in [3.63, 3.8) is 0 Å². The van der Waals surface area contributed by atoms with E-state index in [1.807, 2.05) is 131 Å². The average Bonchev–Trinajstić information content (AvgIpc) is 3.26. The molecule has 5 aromatic rings. The maximum Gasteiger partial charge on any atom is 0.232 e. The molecule has 0 atom stereocenters. The van der Waals surface area contributed by atoms with Crippen LogP contribution >= 0.6 is 11.6 Å². The molecule has 0 aliphatic rings. The number of carbonyl (C=O) groups excluding carboxylic acids is 8. The smallest absolute Gasteiger partial charge is 0.232 e. The Balaban J connectivity index is 0.000000328. The minimum Gasteiger partial charge on any atom is -0.497 e. The fraction of sp³-hybridized carbons (Fsp3) is 0.333. The first-order valence-corrected chi connectivity index (χ1v) is 23.3. The lowest BCUT2D eigenvalue weighted by molar-refractivity contribution is -0.131. The number of nitrogens with one attached hydrogen (secondary N) is 4. The monoisotopic (exact) mass is 988 g/mol. The van der Waals surface area contributed by atoms with E-state index in [0.717, 1.165) is 61.6 Å². The number of anilines is 4. The molecule has 0 spiro atoms. The SMILES string of the molecule is CC(=O)CC(=O)Nc1cc(C)c(Cl)cc1C.CC(=O)CC(=O)Nc1cc(C)ccc1C.COc1ccc(C(=O)CC(=O)Nc2cc(C)ccc2C)cc1.Cc1ccc(C)c(NC(=O)CC(=O)C(C)(C)C)c1. The third-order valence-electron chi connectivity index (χ3n) is 10.5. The predicted octanol–water partition coefficient (Wildman–Crippen LogP) is 11.9. The van der Waals surface area contributed by atoms with E-state index >= 15 is 0 Å². The van der Waals surface area contributed by atoms with Crippen LogP contribution in [0, 0.1) is 60.8 Å². The number of halogens is 1. The number of Topliss-reactive ketones (excluding diaryl/α,β-unsaturated/α-hetero) is 4. The van der Waals surface area contributed by atoms with Crippen LogP contribution in [-0.4, -0.2) is 53.9 Å². The average molecular weight is 990 g/mol. The molecule has 0 saturated carbocycles. The van der Waals surface area contributed by atoms with Gasteiger partial charge >= 0.3 is 0 Å². The van der Waals surface area contributed by atoms with Gasteiger partial charge in [0, 0.05) is 38.8 Å². The Morgan fingerprint density at radius 2 is 0.803 bits per heavy atom. The summed E-state index contributed by atoms with van der Waals surface area (Å²) in [7, 11) is 1.56. The van der Waals surface area contributed by atoms with Crippen molar-refractivity contribution in [1.29, 1.82) is 0 Å². The van der Waals surface area contributed by atoms with E-state index in [0.29, 0.717) is 22.0 Å². The van der Waals surface area contributed by atoms with Crippen LogP contribution < -0.4 is 26.0 Å². The van der Waals surface area contributed by atoms with Crippen molar-refractivity contribution >= 4 is 81.1 Å². The Bertz CT molecular complexity index is 2740. The number of carbonyl (C=O) groups is 8. The summed E-state index contributed by atoms with van der Waals surface area (Å²) in [5.41, 5.74) is 11.0. The van der Waals surface area contributed by atoms with Crippen LogP contribution in [0.2, 0.25) is 5.02 Å². The van der Waals surface area contributed by atoms with Crippen LogP contribution in [-0.2, 0) is 33.6 Å². The van der Waals surface area contributed by atoms with Crippen LogP contribution in [0.5, 0.6) is 5.75 Å². The van der Waals surface area contributed by atoms with Crippen molar-refractivity contribution in [2.75, 3.05) is 28.4 Å². The van der Waals surface area contributed by atoms with Crippen LogP contribution in [0.15, 0.2) is 91.0 Å². The molecule has 14 heteroatoms. The number of hydrogen-bond acceptors (Lipinski definition) is 9. The molecule has 0 bridgehead atoms. The third-order valence-corrected chi connectivity index (χ3v) is 10.9. The molecule has 0 unspecified atom stereocenters. The van der Waals surface area contributed by atoms with E-state index in [-0.39, 0.29) is 72.4 Å². The van der Waals surface area contributed by atoms with E-state index in [2.05, 4.69) is 21.3 Å². The quantitative estimate of drug-likeness (QED) is 0.0618. The standard InChI is InChI=1S/C18H19NO3.C15H21NO2.C12H14ClNO2.C12H15NO2/c1-12-4-5-13(2)16(10-12)19-18(21)11-17(20)14-6-8-15(22-3)9-7-14;1-10-6-7-11(2)12(8-10)16-14(18)9-13(17)15(3,4)5;1-7-5-11(8(2)4-10(7)13)14-12(16)6-9(3)15;1-8-4-5-9(2)11(6-8)13-12(15)7-10(3)14/h4-10H,11H2,1-3H3,(H,19,21);6-8H,9H2,1-5H3,(H,16,18);4-5H,6H2,1-3H3,(H,14,16);4-6H,7H2,1-3H3,(H,13,15). The van der Waals surface area contributed by atoms with Crippen molar-refractivity contribution in [3.05, 3.63) is 146 Å². The summed E-state index contributed by atoms with van der Waals surface area (Å²) >= 11 is 5.94. The van der Waals surface area contributed by atoms with E-state index in [9.17, 15) is 38.4 Å². The zero-order valence-corrected chi connectivity index (χ0v) is 44.3. The fourth-order valence-electron chi connectivity index (χ4n) is 6.19. The molecule has 0 saturated heterocycles. The highest BCUT2D eigenvalue weighted by atomic mass is 35.5. The van der Waals surface area contributed by atoms with Gasteiger partial charge in [-0.3, -0.25) is 38.4 Å². The number of ketones is 4. The molecule has 0 aliphatic heterocycles. The van der Waals surface area contributed by atoms with E-state index in [1.54, 1.807) is 43.5 Å². The van der Waals surface area contributed by atoms with Crippen molar-refractivity contribution < 1.29 is 43.1 Å². The van der Waals surface area contributed by atoms with Gasteiger partial charge in [-0.25, -0.2) is 0 Å². The number of methoxy groups -OCH3 is 1. The molecule has 5 rings (SSSR count). The Labute approximate surface area is 423 Å². The molecule has 378 valence electrons. The minimum absolute atomic E-state index is 0.0506. The molecule has 0 heterocycles. The molecule has 4 N–H and O–H groups in total. The molecule has 0 aromatic heterocycles. The number of benzene rings is 5. The maximum atomic E-state index is 12.1. The number of amides is 4.